The Hall–Kier alpha value is -2.80. The molecule has 0 unspecified atom stereocenters. The van der Waals surface area contributed by atoms with Crippen LogP contribution in [0.3, 0.4) is 0 Å². The molecule has 0 bridgehead atoms. The highest BCUT2D eigenvalue weighted by Crippen LogP contribution is 2.16. The third-order valence-electron chi connectivity index (χ3n) is 3.13. The lowest BCUT2D eigenvalue weighted by Gasteiger charge is -2.06. The quantitative estimate of drug-likeness (QED) is 0.603. The Morgan fingerprint density at radius 1 is 1.00 bits per heavy atom. The van der Waals surface area contributed by atoms with Gasteiger partial charge in [0.15, 0.2) is 0 Å². The monoisotopic (exact) mass is 295 g/mol. The molecule has 2 rings (SSSR count). The van der Waals surface area contributed by atoms with Crippen molar-refractivity contribution in [1.29, 1.82) is 5.26 Å². The molecule has 0 N–H and O–H groups in total. The van der Waals surface area contributed by atoms with Gasteiger partial charge in [-0.25, -0.2) is 4.79 Å². The zero-order valence-electron chi connectivity index (χ0n) is 12.4. The normalized spacial score (nSPS) is 9.82. The fourth-order valence-corrected chi connectivity index (χ4v) is 1.92. The molecule has 0 aliphatic carbocycles. The van der Waals surface area contributed by atoms with Crippen LogP contribution in [0.1, 0.15) is 30.9 Å². The van der Waals surface area contributed by atoms with E-state index in [0.29, 0.717) is 17.1 Å². The SMILES string of the molecule is CCCCc1ccc(OC(=O)Oc2ccc(C#N)cc2)cc1. The molecule has 0 spiro atoms. The standard InChI is InChI=1S/C18H17NO3/c1-2-3-4-14-5-9-16(10-6-14)21-18(20)22-17-11-7-15(13-19)8-12-17/h5-12H,2-4H2,1H3. The van der Waals surface area contributed by atoms with Crippen LogP contribution in [0.4, 0.5) is 4.79 Å². The average molecular weight is 295 g/mol. The average Bonchev–Trinajstić information content (AvgIpc) is 2.55. The Labute approximate surface area is 129 Å². The summed E-state index contributed by atoms with van der Waals surface area (Å²) < 4.78 is 10.2. The van der Waals surface area contributed by atoms with Gasteiger partial charge in [-0.1, -0.05) is 25.5 Å². The van der Waals surface area contributed by atoms with Gasteiger partial charge in [-0.2, -0.15) is 5.26 Å². The number of carbonyl (C=O) groups is 1. The van der Waals surface area contributed by atoms with Gasteiger partial charge in [-0.3, -0.25) is 0 Å². The van der Waals surface area contributed by atoms with Crippen molar-refractivity contribution in [3.05, 3.63) is 59.7 Å². The van der Waals surface area contributed by atoms with Crippen LogP contribution in [0.15, 0.2) is 48.5 Å². The third-order valence-corrected chi connectivity index (χ3v) is 3.13. The molecule has 0 aromatic heterocycles. The first-order chi connectivity index (χ1) is 10.7. The molecule has 0 saturated carbocycles. The van der Waals surface area contributed by atoms with Crippen molar-refractivity contribution in [1.82, 2.24) is 0 Å². The first-order valence-electron chi connectivity index (χ1n) is 7.20. The van der Waals surface area contributed by atoms with E-state index in [1.807, 2.05) is 18.2 Å². The minimum atomic E-state index is -0.800. The van der Waals surface area contributed by atoms with Gasteiger partial charge in [0.2, 0.25) is 0 Å². The molecular formula is C18H17NO3. The fourth-order valence-electron chi connectivity index (χ4n) is 1.92. The first-order valence-corrected chi connectivity index (χ1v) is 7.20. The number of carbonyl (C=O) groups excluding carboxylic acids is 1. The summed E-state index contributed by atoms with van der Waals surface area (Å²) in [4.78, 5) is 11.7. The van der Waals surface area contributed by atoms with Crippen molar-refractivity contribution >= 4 is 6.16 Å². The largest absolute Gasteiger partial charge is 0.519 e. The van der Waals surface area contributed by atoms with Crippen LogP contribution >= 0.6 is 0 Å². The number of hydrogen-bond donors (Lipinski definition) is 0. The molecule has 4 heteroatoms. The molecule has 0 aliphatic heterocycles. The van der Waals surface area contributed by atoms with Crippen LogP contribution in [0.2, 0.25) is 0 Å². The van der Waals surface area contributed by atoms with E-state index in [1.54, 1.807) is 36.4 Å². The van der Waals surface area contributed by atoms with Crippen LogP contribution in [0, 0.1) is 11.3 Å². The van der Waals surface area contributed by atoms with Crippen LogP contribution in [-0.4, -0.2) is 6.16 Å². The summed E-state index contributed by atoms with van der Waals surface area (Å²) in [7, 11) is 0. The molecule has 4 nitrogen and oxygen atoms in total. The van der Waals surface area contributed by atoms with E-state index in [1.165, 1.54) is 5.56 Å². The maximum absolute atomic E-state index is 11.7. The minimum Gasteiger partial charge on any atom is -0.395 e. The van der Waals surface area contributed by atoms with E-state index in [2.05, 4.69) is 6.92 Å². The Kier molecular flexibility index (Phi) is 5.56. The number of nitriles is 1. The fraction of sp³-hybridized carbons (Fsp3) is 0.222. The van der Waals surface area contributed by atoms with Crippen LogP contribution in [-0.2, 0) is 6.42 Å². The molecule has 0 saturated heterocycles. The van der Waals surface area contributed by atoms with Crippen molar-refractivity contribution in [3.8, 4) is 17.6 Å². The molecule has 112 valence electrons. The molecule has 2 aromatic rings. The summed E-state index contributed by atoms with van der Waals surface area (Å²) in [6.45, 7) is 2.15. The van der Waals surface area contributed by atoms with Gasteiger partial charge in [0, 0.05) is 0 Å². The maximum Gasteiger partial charge on any atom is 0.519 e. The van der Waals surface area contributed by atoms with E-state index in [9.17, 15) is 4.79 Å². The van der Waals surface area contributed by atoms with Gasteiger partial charge in [0.25, 0.3) is 0 Å². The smallest absolute Gasteiger partial charge is 0.395 e. The first kappa shape index (κ1) is 15.6. The Morgan fingerprint density at radius 3 is 2.05 bits per heavy atom. The maximum atomic E-state index is 11.7. The Morgan fingerprint density at radius 2 is 1.55 bits per heavy atom. The van der Waals surface area contributed by atoms with Crippen LogP contribution in [0.5, 0.6) is 11.5 Å². The number of nitrogens with zero attached hydrogens (tertiary/aromatic N) is 1. The van der Waals surface area contributed by atoms with E-state index in [-0.39, 0.29) is 0 Å². The number of unbranched alkanes of at least 4 members (excludes halogenated alkanes) is 1. The predicted octanol–water partition coefficient (Wildman–Crippen LogP) is 4.48. The van der Waals surface area contributed by atoms with E-state index >= 15 is 0 Å². The number of benzene rings is 2. The second-order valence-corrected chi connectivity index (χ2v) is 4.84. The molecule has 22 heavy (non-hydrogen) atoms. The Balaban J connectivity index is 1.89. The van der Waals surface area contributed by atoms with Gasteiger partial charge in [-0.05, 0) is 54.8 Å². The topological polar surface area (TPSA) is 59.3 Å². The van der Waals surface area contributed by atoms with E-state index in [0.717, 1.165) is 19.3 Å². The van der Waals surface area contributed by atoms with Gasteiger partial charge < -0.3 is 9.47 Å². The molecular weight excluding hydrogens is 278 g/mol. The Bertz CT molecular complexity index is 654. The second-order valence-electron chi connectivity index (χ2n) is 4.84. The van der Waals surface area contributed by atoms with Crippen molar-refractivity contribution < 1.29 is 14.3 Å². The highest BCUT2D eigenvalue weighted by Gasteiger charge is 2.08. The van der Waals surface area contributed by atoms with Crippen LogP contribution in [0.25, 0.3) is 0 Å². The molecule has 0 fully saturated rings. The second kappa shape index (κ2) is 7.84. The highest BCUT2D eigenvalue weighted by molar-refractivity contribution is 5.67. The van der Waals surface area contributed by atoms with Gasteiger partial charge >= 0.3 is 6.16 Å². The summed E-state index contributed by atoms with van der Waals surface area (Å²) in [5.41, 5.74) is 1.72. The summed E-state index contributed by atoms with van der Waals surface area (Å²) in [6, 6.07) is 15.6. The molecule has 2 aromatic carbocycles. The number of aryl methyl sites for hydroxylation is 1. The van der Waals surface area contributed by atoms with E-state index in [4.69, 9.17) is 14.7 Å². The summed E-state index contributed by atoms with van der Waals surface area (Å²) >= 11 is 0. The van der Waals surface area contributed by atoms with Gasteiger partial charge in [-0.15, -0.1) is 0 Å². The van der Waals surface area contributed by atoms with Gasteiger partial charge in [0.1, 0.15) is 11.5 Å². The number of rotatable bonds is 5. The van der Waals surface area contributed by atoms with Crippen molar-refractivity contribution in [2.45, 2.75) is 26.2 Å². The molecule has 0 atom stereocenters. The summed E-state index contributed by atoms with van der Waals surface area (Å²) in [5, 5.41) is 8.70. The van der Waals surface area contributed by atoms with E-state index < -0.39 is 6.16 Å². The van der Waals surface area contributed by atoms with Crippen LogP contribution < -0.4 is 9.47 Å². The molecule has 0 aliphatic rings. The predicted molar refractivity (Wildman–Crippen MR) is 82.9 cm³/mol. The zero-order chi connectivity index (χ0) is 15.8. The van der Waals surface area contributed by atoms with Gasteiger partial charge in [0.05, 0.1) is 11.6 Å². The molecule has 0 amide bonds. The minimum absolute atomic E-state index is 0.337. The third kappa shape index (κ3) is 4.64. The van der Waals surface area contributed by atoms with Crippen molar-refractivity contribution in [3.63, 3.8) is 0 Å². The summed E-state index contributed by atoms with van der Waals surface area (Å²) in [6.07, 6.45) is 2.51. The lowest BCUT2D eigenvalue weighted by molar-refractivity contribution is 0.152. The van der Waals surface area contributed by atoms with Crippen molar-refractivity contribution in [2.24, 2.45) is 0 Å². The molecule has 0 heterocycles. The highest BCUT2D eigenvalue weighted by atomic mass is 16.7. The number of ether oxygens (including phenoxy) is 2. The lowest BCUT2D eigenvalue weighted by Crippen LogP contribution is -2.13. The van der Waals surface area contributed by atoms with Crippen molar-refractivity contribution in [2.75, 3.05) is 0 Å². The summed E-state index contributed by atoms with van der Waals surface area (Å²) in [5.74, 6) is 0.780. The number of hydrogen-bond acceptors (Lipinski definition) is 4. The zero-order valence-corrected chi connectivity index (χ0v) is 12.4. The molecule has 0 radical (unpaired) electrons. The lowest BCUT2D eigenvalue weighted by atomic mass is 10.1.